The Kier molecular flexibility index (Phi) is 5.49. The fourth-order valence-corrected chi connectivity index (χ4v) is 2.63. The topological polar surface area (TPSA) is 67.8 Å². The molecular formula is C16H20N4OS. The fraction of sp³-hybridized carbons (Fsp3) is 0.375. The van der Waals surface area contributed by atoms with Crippen LogP contribution in [0.2, 0.25) is 0 Å². The van der Waals surface area contributed by atoms with Crippen molar-refractivity contribution in [2.75, 3.05) is 6.26 Å². The van der Waals surface area contributed by atoms with Crippen LogP contribution < -0.4 is 5.32 Å². The summed E-state index contributed by atoms with van der Waals surface area (Å²) < 4.78 is 0. The number of hydrogen-bond donors (Lipinski definition) is 1. The van der Waals surface area contributed by atoms with E-state index < -0.39 is 0 Å². The number of carbonyl (C=O) groups excluding carboxylic acids is 1. The molecule has 5 nitrogen and oxygen atoms in total. The summed E-state index contributed by atoms with van der Waals surface area (Å²) in [6.45, 7) is 6.32. The van der Waals surface area contributed by atoms with Gasteiger partial charge in [-0.1, -0.05) is 19.9 Å². The Morgan fingerprint density at radius 2 is 2.09 bits per heavy atom. The number of aryl methyl sites for hydroxylation is 1. The summed E-state index contributed by atoms with van der Waals surface area (Å²) in [5.74, 6) is 0.834. The Morgan fingerprint density at radius 1 is 1.32 bits per heavy atom. The number of carbonyl (C=O) groups is 1. The highest BCUT2D eigenvalue weighted by molar-refractivity contribution is 7.98. The highest BCUT2D eigenvalue weighted by Crippen LogP contribution is 2.23. The van der Waals surface area contributed by atoms with Gasteiger partial charge in [-0.05, 0) is 25.3 Å². The van der Waals surface area contributed by atoms with Crippen LogP contribution >= 0.6 is 11.8 Å². The predicted molar refractivity (Wildman–Crippen MR) is 88.0 cm³/mol. The third-order valence-electron chi connectivity index (χ3n) is 3.17. The van der Waals surface area contributed by atoms with Crippen LogP contribution in [0.25, 0.3) is 0 Å². The van der Waals surface area contributed by atoms with Crippen molar-refractivity contribution in [1.82, 2.24) is 20.3 Å². The van der Waals surface area contributed by atoms with Gasteiger partial charge >= 0.3 is 0 Å². The lowest BCUT2D eigenvalue weighted by Crippen LogP contribution is -2.26. The third kappa shape index (κ3) is 3.82. The fourth-order valence-electron chi connectivity index (χ4n) is 2.00. The van der Waals surface area contributed by atoms with E-state index in [1.54, 1.807) is 6.20 Å². The van der Waals surface area contributed by atoms with Gasteiger partial charge in [-0.15, -0.1) is 11.8 Å². The maximum absolute atomic E-state index is 12.5. The standard InChI is InChI=1S/C16H20N4OS/c1-10(2)14-19-11(3)13(16(20-14)22-4)15(21)18-9-12-7-5-6-8-17-12/h5-8,10H,9H2,1-4H3,(H,18,21). The van der Waals surface area contributed by atoms with Gasteiger partial charge < -0.3 is 5.32 Å². The monoisotopic (exact) mass is 316 g/mol. The van der Waals surface area contributed by atoms with Gasteiger partial charge in [-0.2, -0.15) is 0 Å². The molecule has 0 aliphatic heterocycles. The molecule has 0 radical (unpaired) electrons. The number of rotatable bonds is 5. The number of nitrogens with zero attached hydrogens (tertiary/aromatic N) is 3. The zero-order valence-corrected chi connectivity index (χ0v) is 14.1. The molecule has 1 N–H and O–H groups in total. The molecule has 1 amide bonds. The van der Waals surface area contributed by atoms with E-state index in [-0.39, 0.29) is 11.8 Å². The van der Waals surface area contributed by atoms with E-state index >= 15 is 0 Å². The van der Waals surface area contributed by atoms with Gasteiger partial charge in [0.05, 0.1) is 23.5 Å². The molecule has 0 bridgehead atoms. The van der Waals surface area contributed by atoms with E-state index in [9.17, 15) is 4.79 Å². The molecule has 2 heterocycles. The Hall–Kier alpha value is -1.95. The summed E-state index contributed by atoms with van der Waals surface area (Å²) in [4.78, 5) is 25.6. The van der Waals surface area contributed by atoms with Crippen LogP contribution in [-0.2, 0) is 6.54 Å². The number of pyridine rings is 1. The van der Waals surface area contributed by atoms with Crippen LogP contribution in [0.4, 0.5) is 0 Å². The molecule has 0 spiro atoms. The van der Waals surface area contributed by atoms with E-state index in [0.29, 0.717) is 17.8 Å². The normalized spacial score (nSPS) is 10.8. The number of hydrogen-bond acceptors (Lipinski definition) is 5. The average molecular weight is 316 g/mol. The molecule has 0 aromatic carbocycles. The quantitative estimate of drug-likeness (QED) is 0.678. The first kappa shape index (κ1) is 16.4. The third-order valence-corrected chi connectivity index (χ3v) is 3.85. The lowest BCUT2D eigenvalue weighted by atomic mass is 10.1. The lowest BCUT2D eigenvalue weighted by Gasteiger charge is -2.13. The van der Waals surface area contributed by atoms with Gasteiger partial charge in [0, 0.05) is 12.1 Å². The first-order valence-corrected chi connectivity index (χ1v) is 8.36. The van der Waals surface area contributed by atoms with Crippen molar-refractivity contribution in [3.05, 3.63) is 47.2 Å². The number of thioether (sulfide) groups is 1. The Bertz CT molecular complexity index is 659. The van der Waals surface area contributed by atoms with Gasteiger partial charge in [0.2, 0.25) is 0 Å². The first-order valence-electron chi connectivity index (χ1n) is 7.13. The number of amides is 1. The van der Waals surface area contributed by atoms with Gasteiger partial charge in [0.15, 0.2) is 0 Å². The summed E-state index contributed by atoms with van der Waals surface area (Å²) >= 11 is 1.46. The summed E-state index contributed by atoms with van der Waals surface area (Å²) in [5, 5.41) is 3.60. The molecule has 0 saturated carbocycles. The minimum atomic E-state index is -0.164. The molecule has 6 heteroatoms. The van der Waals surface area contributed by atoms with Crippen molar-refractivity contribution in [2.45, 2.75) is 38.3 Å². The smallest absolute Gasteiger partial charge is 0.256 e. The van der Waals surface area contributed by atoms with E-state index in [2.05, 4.69) is 20.3 Å². The maximum Gasteiger partial charge on any atom is 0.256 e. The van der Waals surface area contributed by atoms with E-state index in [1.165, 1.54) is 11.8 Å². The highest BCUT2D eigenvalue weighted by atomic mass is 32.2. The van der Waals surface area contributed by atoms with Crippen molar-refractivity contribution >= 4 is 17.7 Å². The summed E-state index contributed by atoms with van der Waals surface area (Å²) in [6.07, 6.45) is 3.63. The van der Waals surface area contributed by atoms with Crippen molar-refractivity contribution in [2.24, 2.45) is 0 Å². The molecule has 0 fully saturated rings. The Labute approximate surface area is 135 Å². The second kappa shape index (κ2) is 7.35. The molecule has 0 atom stereocenters. The summed E-state index contributed by atoms with van der Waals surface area (Å²) in [6, 6.07) is 5.62. The molecule has 0 aliphatic carbocycles. The predicted octanol–water partition coefficient (Wildman–Crippen LogP) is 2.96. The van der Waals surface area contributed by atoms with Crippen molar-refractivity contribution in [3.63, 3.8) is 0 Å². The van der Waals surface area contributed by atoms with Gasteiger partial charge in [-0.25, -0.2) is 9.97 Å². The molecule has 0 saturated heterocycles. The van der Waals surface area contributed by atoms with Crippen LogP contribution in [0.1, 0.15) is 47.3 Å². The minimum Gasteiger partial charge on any atom is -0.346 e. The van der Waals surface area contributed by atoms with E-state index in [4.69, 9.17) is 0 Å². The molecule has 116 valence electrons. The Balaban J connectivity index is 2.22. The second-order valence-electron chi connectivity index (χ2n) is 5.21. The van der Waals surface area contributed by atoms with Crippen molar-refractivity contribution in [1.29, 1.82) is 0 Å². The molecule has 0 unspecified atom stereocenters. The summed E-state index contributed by atoms with van der Waals surface area (Å²) in [5.41, 5.74) is 2.08. The van der Waals surface area contributed by atoms with Crippen molar-refractivity contribution in [3.8, 4) is 0 Å². The molecule has 2 rings (SSSR count). The second-order valence-corrected chi connectivity index (χ2v) is 6.00. The van der Waals surface area contributed by atoms with Gasteiger partial charge in [0.25, 0.3) is 5.91 Å². The average Bonchev–Trinajstić information content (AvgIpc) is 2.52. The molecular weight excluding hydrogens is 296 g/mol. The SMILES string of the molecule is CSc1nc(C(C)C)nc(C)c1C(=O)NCc1ccccn1. The maximum atomic E-state index is 12.5. The lowest BCUT2D eigenvalue weighted by molar-refractivity contribution is 0.0945. The van der Waals surface area contributed by atoms with Crippen LogP contribution in [0.3, 0.4) is 0 Å². The van der Waals surface area contributed by atoms with E-state index in [1.807, 2.05) is 45.2 Å². The zero-order chi connectivity index (χ0) is 16.1. The van der Waals surface area contributed by atoms with Crippen LogP contribution in [0, 0.1) is 6.92 Å². The molecule has 22 heavy (non-hydrogen) atoms. The highest BCUT2D eigenvalue weighted by Gasteiger charge is 2.19. The van der Waals surface area contributed by atoms with Crippen LogP contribution in [-0.4, -0.2) is 27.1 Å². The first-order chi connectivity index (χ1) is 10.5. The van der Waals surface area contributed by atoms with Crippen LogP contribution in [0.5, 0.6) is 0 Å². The largest absolute Gasteiger partial charge is 0.346 e. The molecule has 2 aromatic heterocycles. The van der Waals surface area contributed by atoms with Gasteiger partial charge in [-0.3, -0.25) is 9.78 Å². The minimum absolute atomic E-state index is 0.164. The molecule has 2 aromatic rings. The zero-order valence-electron chi connectivity index (χ0n) is 13.3. The van der Waals surface area contributed by atoms with Crippen molar-refractivity contribution < 1.29 is 4.79 Å². The summed E-state index contributed by atoms with van der Waals surface area (Å²) in [7, 11) is 0. The number of nitrogens with one attached hydrogen (secondary N) is 1. The molecule has 0 aliphatic rings. The Morgan fingerprint density at radius 3 is 2.68 bits per heavy atom. The number of aromatic nitrogens is 3. The van der Waals surface area contributed by atoms with Crippen LogP contribution in [0.15, 0.2) is 29.4 Å². The van der Waals surface area contributed by atoms with Gasteiger partial charge in [0.1, 0.15) is 10.9 Å². The van der Waals surface area contributed by atoms with E-state index in [0.717, 1.165) is 16.5 Å².